The molecule has 18 heavy (non-hydrogen) atoms. The van der Waals surface area contributed by atoms with Crippen molar-refractivity contribution >= 4 is 17.6 Å². The zero-order chi connectivity index (χ0) is 13.9. The second-order valence-electron chi connectivity index (χ2n) is 3.55. The maximum atomic E-state index is 13.0. The summed E-state index contributed by atoms with van der Waals surface area (Å²) in [5.74, 6) is -3.22. The first-order valence-corrected chi connectivity index (χ1v) is 5.24. The zero-order valence-corrected chi connectivity index (χ0v) is 10.2. The van der Waals surface area contributed by atoms with Gasteiger partial charge in [0.05, 0.1) is 7.11 Å². The van der Waals surface area contributed by atoms with Gasteiger partial charge < -0.3 is 4.74 Å². The first-order chi connectivity index (χ1) is 8.27. The fraction of sp³-hybridized carbons (Fsp3) is 0.250. The summed E-state index contributed by atoms with van der Waals surface area (Å²) in [6.07, 6.45) is -4.64. The smallest absolute Gasteiger partial charge is 0.399 e. The van der Waals surface area contributed by atoms with Gasteiger partial charge in [0, 0.05) is 10.6 Å². The monoisotopic (exact) mass is 278 g/mol. The number of benzene rings is 1. The van der Waals surface area contributed by atoms with Gasteiger partial charge in [0.25, 0.3) is 0 Å². The minimum atomic E-state index is -4.64. The molecule has 0 aliphatic rings. The first kappa shape index (κ1) is 14.6. The van der Waals surface area contributed by atoms with Crippen molar-refractivity contribution in [1.29, 1.82) is 0 Å². The third kappa shape index (κ3) is 3.26. The van der Waals surface area contributed by atoms with E-state index >= 15 is 0 Å². The minimum absolute atomic E-state index is 0.148. The van der Waals surface area contributed by atoms with Crippen LogP contribution in [0, 0.1) is 0 Å². The number of esters is 1. The van der Waals surface area contributed by atoms with Crippen molar-refractivity contribution in [1.82, 2.24) is 0 Å². The predicted octanol–water partition coefficient (Wildman–Crippen LogP) is 3.72. The lowest BCUT2D eigenvalue weighted by molar-refractivity contribution is -0.153. The van der Waals surface area contributed by atoms with Crippen LogP contribution in [0.25, 0.3) is 0 Å². The Hall–Kier alpha value is -1.49. The molecule has 0 unspecified atom stereocenters. The fourth-order valence-corrected chi connectivity index (χ4v) is 1.72. The van der Waals surface area contributed by atoms with Crippen LogP contribution in [-0.4, -0.2) is 19.3 Å². The molecular weight excluding hydrogens is 269 g/mol. The molecule has 0 saturated carbocycles. The van der Waals surface area contributed by atoms with Gasteiger partial charge in [-0.25, -0.2) is 4.79 Å². The third-order valence-electron chi connectivity index (χ3n) is 2.31. The van der Waals surface area contributed by atoms with Crippen molar-refractivity contribution < 1.29 is 22.7 Å². The molecule has 0 bridgehead atoms. The molecule has 1 aromatic carbocycles. The van der Waals surface area contributed by atoms with Gasteiger partial charge in [-0.3, -0.25) is 0 Å². The summed E-state index contributed by atoms with van der Waals surface area (Å²) in [4.78, 5) is 11.2. The van der Waals surface area contributed by atoms with Crippen molar-refractivity contribution in [3.8, 4) is 0 Å². The topological polar surface area (TPSA) is 26.3 Å². The highest BCUT2D eigenvalue weighted by atomic mass is 35.5. The van der Waals surface area contributed by atoms with E-state index in [0.717, 1.165) is 13.2 Å². The van der Waals surface area contributed by atoms with Gasteiger partial charge in [0.15, 0.2) is 0 Å². The molecule has 0 aliphatic carbocycles. The van der Waals surface area contributed by atoms with Crippen LogP contribution in [0.4, 0.5) is 13.2 Å². The first-order valence-electron chi connectivity index (χ1n) is 4.86. The normalized spacial score (nSPS) is 12.9. The second kappa shape index (κ2) is 5.44. The van der Waals surface area contributed by atoms with E-state index in [1.54, 1.807) is 0 Å². The van der Waals surface area contributed by atoms with Crippen LogP contribution in [0.15, 0.2) is 36.4 Å². The largest absolute Gasteiger partial charge is 0.466 e. The molecule has 0 N–H and O–H groups in total. The summed E-state index contributed by atoms with van der Waals surface area (Å²) in [6.45, 7) is 3.16. The molecule has 0 radical (unpaired) electrons. The summed E-state index contributed by atoms with van der Waals surface area (Å²) in [7, 11) is 0.999. The average molecular weight is 279 g/mol. The average Bonchev–Trinajstić information content (AvgIpc) is 2.26. The Balaban J connectivity index is 3.23. The molecule has 1 aromatic rings. The van der Waals surface area contributed by atoms with Crippen LogP contribution in [0.3, 0.4) is 0 Å². The van der Waals surface area contributed by atoms with Gasteiger partial charge in [-0.05, 0) is 17.7 Å². The number of carbonyl (C=O) groups excluding carboxylic acids is 1. The van der Waals surface area contributed by atoms with Crippen LogP contribution < -0.4 is 0 Å². The van der Waals surface area contributed by atoms with Gasteiger partial charge in [-0.1, -0.05) is 30.3 Å². The maximum Gasteiger partial charge on any atom is 0.399 e. The lowest BCUT2D eigenvalue weighted by Crippen LogP contribution is -2.26. The number of halogens is 4. The SMILES string of the molecule is C=C(C(=O)OC)[C@@H](c1cccc(Cl)c1)C(F)(F)F. The van der Waals surface area contributed by atoms with Crippen LogP contribution in [0.5, 0.6) is 0 Å². The highest BCUT2D eigenvalue weighted by Gasteiger charge is 2.44. The summed E-state index contributed by atoms with van der Waals surface area (Å²) in [5.41, 5.74) is -0.822. The van der Waals surface area contributed by atoms with E-state index in [1.165, 1.54) is 18.2 Å². The zero-order valence-electron chi connectivity index (χ0n) is 9.42. The molecule has 1 rings (SSSR count). The van der Waals surface area contributed by atoms with Crippen LogP contribution in [0.1, 0.15) is 11.5 Å². The van der Waals surface area contributed by atoms with E-state index in [1.807, 2.05) is 0 Å². The van der Waals surface area contributed by atoms with Crippen molar-refractivity contribution in [3.05, 3.63) is 47.0 Å². The van der Waals surface area contributed by atoms with Crippen molar-refractivity contribution in [2.45, 2.75) is 12.1 Å². The quantitative estimate of drug-likeness (QED) is 0.622. The van der Waals surface area contributed by atoms with Gasteiger partial charge in [-0.2, -0.15) is 13.2 Å². The maximum absolute atomic E-state index is 13.0. The van der Waals surface area contributed by atoms with E-state index in [9.17, 15) is 18.0 Å². The lowest BCUT2D eigenvalue weighted by Gasteiger charge is -2.21. The van der Waals surface area contributed by atoms with E-state index in [-0.39, 0.29) is 10.6 Å². The van der Waals surface area contributed by atoms with Gasteiger partial charge >= 0.3 is 12.1 Å². The molecule has 0 heterocycles. The predicted molar refractivity (Wildman–Crippen MR) is 61.4 cm³/mol. The van der Waals surface area contributed by atoms with Crippen LogP contribution in [0.2, 0.25) is 5.02 Å². The lowest BCUT2D eigenvalue weighted by atomic mass is 9.91. The summed E-state index contributed by atoms with van der Waals surface area (Å²) in [6, 6.07) is 5.20. The Labute approximate surface area is 107 Å². The van der Waals surface area contributed by atoms with Gasteiger partial charge in [-0.15, -0.1) is 0 Å². The highest BCUT2D eigenvalue weighted by Crippen LogP contribution is 2.40. The molecule has 0 saturated heterocycles. The Kier molecular flexibility index (Phi) is 4.40. The molecule has 0 amide bonds. The number of methoxy groups -OCH3 is 1. The van der Waals surface area contributed by atoms with Crippen LogP contribution in [-0.2, 0) is 9.53 Å². The van der Waals surface area contributed by atoms with Crippen molar-refractivity contribution in [2.24, 2.45) is 0 Å². The van der Waals surface area contributed by atoms with Crippen molar-refractivity contribution in [2.75, 3.05) is 7.11 Å². The summed E-state index contributed by atoms with van der Waals surface area (Å²) < 4.78 is 43.2. The van der Waals surface area contributed by atoms with Crippen LogP contribution >= 0.6 is 11.6 Å². The van der Waals surface area contributed by atoms with Crippen molar-refractivity contribution in [3.63, 3.8) is 0 Å². The number of hydrogen-bond donors (Lipinski definition) is 0. The van der Waals surface area contributed by atoms with Gasteiger partial charge in [0.1, 0.15) is 5.92 Å². The Bertz CT molecular complexity index is 469. The molecule has 0 aliphatic heterocycles. The standard InChI is InChI=1S/C12H10ClF3O2/c1-7(11(17)18-2)10(12(14,15)16)8-4-3-5-9(13)6-8/h3-6,10H,1H2,2H3/t10-/m0/s1. The highest BCUT2D eigenvalue weighted by molar-refractivity contribution is 6.30. The minimum Gasteiger partial charge on any atom is -0.466 e. The Morgan fingerprint density at radius 3 is 2.50 bits per heavy atom. The number of carbonyl (C=O) groups is 1. The Morgan fingerprint density at radius 2 is 2.06 bits per heavy atom. The van der Waals surface area contributed by atoms with Gasteiger partial charge in [0.2, 0.25) is 0 Å². The summed E-state index contributed by atoms with van der Waals surface area (Å²) in [5, 5.41) is 0.152. The van der Waals surface area contributed by atoms with E-state index in [4.69, 9.17) is 11.6 Å². The number of hydrogen-bond acceptors (Lipinski definition) is 2. The Morgan fingerprint density at radius 1 is 1.44 bits per heavy atom. The second-order valence-corrected chi connectivity index (χ2v) is 3.98. The molecule has 1 atom stereocenters. The number of rotatable bonds is 3. The van der Waals surface area contributed by atoms with E-state index in [2.05, 4.69) is 11.3 Å². The summed E-state index contributed by atoms with van der Waals surface area (Å²) >= 11 is 5.64. The number of ether oxygens (including phenoxy) is 1. The fourth-order valence-electron chi connectivity index (χ4n) is 1.52. The molecule has 0 fully saturated rings. The van der Waals surface area contributed by atoms with E-state index < -0.39 is 23.6 Å². The number of alkyl halides is 3. The molecule has 0 spiro atoms. The molecule has 98 valence electrons. The molecule has 6 heteroatoms. The molecule has 0 aromatic heterocycles. The molecular formula is C12H10ClF3O2. The molecule has 2 nitrogen and oxygen atoms in total. The van der Waals surface area contributed by atoms with E-state index in [0.29, 0.717) is 0 Å². The third-order valence-corrected chi connectivity index (χ3v) is 2.54.